The van der Waals surface area contributed by atoms with Crippen LogP contribution in [0.3, 0.4) is 0 Å². The zero-order valence-corrected chi connectivity index (χ0v) is 11.3. The van der Waals surface area contributed by atoms with Gasteiger partial charge in [-0.25, -0.2) is 4.98 Å². The van der Waals surface area contributed by atoms with Crippen molar-refractivity contribution < 1.29 is 4.74 Å². The molecule has 1 N–H and O–H groups in total. The molecule has 1 aromatic heterocycles. The molecule has 2 aromatic rings. The molecule has 0 fully saturated rings. The Labute approximate surface area is 113 Å². The first-order chi connectivity index (χ1) is 9.28. The number of hydrogen-bond donors (Lipinski definition) is 1. The number of hydrogen-bond acceptors (Lipinski definition) is 3. The summed E-state index contributed by atoms with van der Waals surface area (Å²) >= 11 is 0. The lowest BCUT2D eigenvalue weighted by Gasteiger charge is -2.24. The Morgan fingerprint density at radius 1 is 1.21 bits per heavy atom. The summed E-state index contributed by atoms with van der Waals surface area (Å²) in [5, 5.41) is 3.48. The fraction of sp³-hybridized carbons (Fsp3) is 0.312. The number of methoxy groups -OCH3 is 1. The molecule has 0 aliphatic carbocycles. The maximum Gasteiger partial charge on any atom is 0.212 e. The van der Waals surface area contributed by atoms with Gasteiger partial charge in [0.15, 0.2) is 0 Å². The molecule has 0 spiro atoms. The predicted octanol–water partition coefficient (Wildman–Crippen LogP) is 2.96. The van der Waals surface area contributed by atoms with E-state index in [1.54, 1.807) is 7.11 Å². The van der Waals surface area contributed by atoms with Crippen LogP contribution in [0.15, 0.2) is 36.5 Å². The van der Waals surface area contributed by atoms with Gasteiger partial charge in [-0.2, -0.15) is 0 Å². The Hall–Kier alpha value is -1.87. The smallest absolute Gasteiger partial charge is 0.212 e. The number of nitrogens with zero attached hydrogens (tertiary/aromatic N) is 1. The number of fused-ring (bicyclic) bond motifs is 1. The van der Waals surface area contributed by atoms with Gasteiger partial charge < -0.3 is 10.1 Å². The number of pyridine rings is 1. The van der Waals surface area contributed by atoms with Crippen LogP contribution in [0.25, 0.3) is 11.1 Å². The molecule has 0 amide bonds. The molecular weight excluding hydrogens is 236 g/mol. The molecule has 3 nitrogen and oxygen atoms in total. The molecule has 0 saturated carbocycles. The predicted molar refractivity (Wildman–Crippen MR) is 76.3 cm³/mol. The average Bonchev–Trinajstić information content (AvgIpc) is 2.47. The van der Waals surface area contributed by atoms with Gasteiger partial charge in [0, 0.05) is 23.9 Å². The molecule has 1 aliphatic rings. The van der Waals surface area contributed by atoms with Crippen molar-refractivity contribution in [2.75, 3.05) is 13.7 Å². The summed E-state index contributed by atoms with van der Waals surface area (Å²) in [6.45, 7) is 3.27. The molecule has 1 aliphatic heterocycles. The molecule has 0 radical (unpaired) electrons. The first kappa shape index (κ1) is 12.2. The van der Waals surface area contributed by atoms with Gasteiger partial charge in [0.2, 0.25) is 5.88 Å². The van der Waals surface area contributed by atoms with E-state index in [2.05, 4.69) is 41.5 Å². The summed E-state index contributed by atoms with van der Waals surface area (Å²) in [6.07, 6.45) is 2.96. The lowest BCUT2D eigenvalue weighted by molar-refractivity contribution is 0.398. The molecule has 2 heterocycles. The van der Waals surface area contributed by atoms with Gasteiger partial charge in [-0.3, -0.25) is 0 Å². The van der Waals surface area contributed by atoms with Crippen LogP contribution in [0, 0.1) is 0 Å². The van der Waals surface area contributed by atoms with Crippen LogP contribution in [0.2, 0.25) is 0 Å². The number of rotatable bonds is 2. The van der Waals surface area contributed by atoms with Crippen LogP contribution in [-0.2, 0) is 6.42 Å². The minimum absolute atomic E-state index is 0.451. The van der Waals surface area contributed by atoms with Crippen molar-refractivity contribution in [1.82, 2.24) is 10.3 Å². The van der Waals surface area contributed by atoms with Gasteiger partial charge in [-0.05, 0) is 42.6 Å². The lowest BCUT2D eigenvalue weighted by Crippen LogP contribution is -2.27. The van der Waals surface area contributed by atoms with E-state index in [1.165, 1.54) is 16.7 Å². The minimum atomic E-state index is 0.451. The van der Waals surface area contributed by atoms with Crippen molar-refractivity contribution in [3.05, 3.63) is 47.7 Å². The van der Waals surface area contributed by atoms with Gasteiger partial charge >= 0.3 is 0 Å². The highest BCUT2D eigenvalue weighted by Crippen LogP contribution is 2.28. The van der Waals surface area contributed by atoms with E-state index >= 15 is 0 Å². The van der Waals surface area contributed by atoms with Gasteiger partial charge in [0.1, 0.15) is 0 Å². The standard InChI is InChI=1S/C16H18N2O/c1-11-15-5-3-12(9-13(15)7-8-17-11)14-4-6-16(19-2)18-10-14/h3-6,9-11,17H,7-8H2,1-2H3. The Kier molecular flexibility index (Phi) is 3.22. The van der Waals surface area contributed by atoms with E-state index in [-0.39, 0.29) is 0 Å². The van der Waals surface area contributed by atoms with Crippen molar-refractivity contribution in [2.45, 2.75) is 19.4 Å². The summed E-state index contributed by atoms with van der Waals surface area (Å²) in [5.41, 5.74) is 5.22. The average molecular weight is 254 g/mol. The van der Waals surface area contributed by atoms with Gasteiger partial charge in [-0.15, -0.1) is 0 Å². The molecule has 1 aromatic carbocycles. The monoisotopic (exact) mass is 254 g/mol. The first-order valence-corrected chi connectivity index (χ1v) is 6.64. The topological polar surface area (TPSA) is 34.1 Å². The molecule has 0 saturated heterocycles. The molecule has 3 rings (SSSR count). The Balaban J connectivity index is 1.96. The van der Waals surface area contributed by atoms with Gasteiger partial charge in [0.25, 0.3) is 0 Å². The zero-order chi connectivity index (χ0) is 13.2. The van der Waals surface area contributed by atoms with Crippen LogP contribution in [0.5, 0.6) is 5.88 Å². The summed E-state index contributed by atoms with van der Waals surface area (Å²) in [4.78, 5) is 4.27. The van der Waals surface area contributed by atoms with Gasteiger partial charge in [-0.1, -0.05) is 18.2 Å². The molecule has 3 heteroatoms. The number of nitrogens with one attached hydrogen (secondary N) is 1. The highest BCUT2D eigenvalue weighted by Gasteiger charge is 2.15. The van der Waals surface area contributed by atoms with Crippen LogP contribution in [0.4, 0.5) is 0 Å². The van der Waals surface area contributed by atoms with E-state index in [4.69, 9.17) is 4.74 Å². The summed E-state index contributed by atoms with van der Waals surface area (Å²) < 4.78 is 5.09. The van der Waals surface area contributed by atoms with Crippen LogP contribution < -0.4 is 10.1 Å². The largest absolute Gasteiger partial charge is 0.481 e. The highest BCUT2D eigenvalue weighted by molar-refractivity contribution is 5.64. The van der Waals surface area contributed by atoms with E-state index < -0.39 is 0 Å². The van der Waals surface area contributed by atoms with E-state index in [9.17, 15) is 0 Å². The fourth-order valence-corrected chi connectivity index (χ4v) is 2.63. The molecule has 1 atom stereocenters. The molecule has 19 heavy (non-hydrogen) atoms. The Morgan fingerprint density at radius 3 is 2.79 bits per heavy atom. The summed E-state index contributed by atoms with van der Waals surface area (Å²) in [5.74, 6) is 0.652. The minimum Gasteiger partial charge on any atom is -0.481 e. The second-order valence-electron chi connectivity index (χ2n) is 4.93. The second kappa shape index (κ2) is 5.02. The third-order valence-corrected chi connectivity index (χ3v) is 3.73. The molecule has 0 bridgehead atoms. The Bertz CT molecular complexity index is 578. The summed E-state index contributed by atoms with van der Waals surface area (Å²) in [7, 11) is 1.63. The fourth-order valence-electron chi connectivity index (χ4n) is 2.63. The van der Waals surface area contributed by atoms with Crippen LogP contribution in [0.1, 0.15) is 24.1 Å². The number of benzene rings is 1. The summed E-state index contributed by atoms with van der Waals surface area (Å²) in [6, 6.07) is 11.1. The zero-order valence-electron chi connectivity index (χ0n) is 11.3. The lowest BCUT2D eigenvalue weighted by atomic mass is 9.92. The third kappa shape index (κ3) is 2.34. The Morgan fingerprint density at radius 2 is 2.05 bits per heavy atom. The van der Waals surface area contributed by atoms with Crippen molar-refractivity contribution in [3.8, 4) is 17.0 Å². The van der Waals surface area contributed by atoms with Crippen molar-refractivity contribution in [2.24, 2.45) is 0 Å². The normalized spacial score (nSPS) is 17.9. The molecule has 98 valence electrons. The first-order valence-electron chi connectivity index (χ1n) is 6.64. The maximum atomic E-state index is 5.09. The highest BCUT2D eigenvalue weighted by atomic mass is 16.5. The van der Waals surface area contributed by atoms with Crippen molar-refractivity contribution in [1.29, 1.82) is 0 Å². The van der Waals surface area contributed by atoms with Gasteiger partial charge in [0.05, 0.1) is 7.11 Å². The van der Waals surface area contributed by atoms with E-state index in [1.807, 2.05) is 12.3 Å². The number of aromatic nitrogens is 1. The molecule has 1 unspecified atom stereocenters. The SMILES string of the molecule is COc1ccc(-c2ccc3c(c2)CCNC3C)cn1. The van der Waals surface area contributed by atoms with Crippen LogP contribution in [-0.4, -0.2) is 18.6 Å². The third-order valence-electron chi connectivity index (χ3n) is 3.73. The maximum absolute atomic E-state index is 5.09. The van der Waals surface area contributed by atoms with Crippen molar-refractivity contribution in [3.63, 3.8) is 0 Å². The van der Waals surface area contributed by atoms with Crippen LogP contribution >= 0.6 is 0 Å². The quantitative estimate of drug-likeness (QED) is 0.894. The number of ether oxygens (including phenoxy) is 1. The molecular formula is C16H18N2O. The van der Waals surface area contributed by atoms with E-state index in [0.717, 1.165) is 18.5 Å². The van der Waals surface area contributed by atoms with Crippen molar-refractivity contribution >= 4 is 0 Å². The second-order valence-corrected chi connectivity index (χ2v) is 4.93. The van der Waals surface area contributed by atoms with E-state index in [0.29, 0.717) is 11.9 Å².